The summed E-state index contributed by atoms with van der Waals surface area (Å²) in [6.45, 7) is 6.03. The number of hydrogen-bond acceptors (Lipinski definition) is 4. The molecule has 29 heavy (non-hydrogen) atoms. The molecule has 7 heteroatoms. The van der Waals surface area contributed by atoms with Gasteiger partial charge in [0, 0.05) is 33.4 Å². The van der Waals surface area contributed by atoms with Crippen LogP contribution in [0.4, 0.5) is 5.69 Å². The van der Waals surface area contributed by atoms with Gasteiger partial charge in [0.25, 0.3) is 0 Å². The maximum atomic E-state index is 13.5. The Labute approximate surface area is 171 Å². The predicted octanol–water partition coefficient (Wildman–Crippen LogP) is 2.18. The number of likely N-dealkylation sites (tertiary alicyclic amines) is 1. The molecule has 154 valence electrons. The van der Waals surface area contributed by atoms with E-state index in [1.54, 1.807) is 10.9 Å². The molecule has 0 radical (unpaired) electrons. The van der Waals surface area contributed by atoms with Crippen molar-refractivity contribution in [1.82, 2.24) is 14.7 Å². The van der Waals surface area contributed by atoms with Crippen molar-refractivity contribution < 1.29 is 14.3 Å². The fraction of sp³-hybridized carbons (Fsp3) is 0.500. The van der Waals surface area contributed by atoms with Gasteiger partial charge in [-0.05, 0) is 32.3 Å². The molecule has 0 aliphatic carbocycles. The van der Waals surface area contributed by atoms with Gasteiger partial charge < -0.3 is 15.0 Å². The van der Waals surface area contributed by atoms with Crippen LogP contribution in [-0.2, 0) is 26.8 Å². The number of carbonyl (C=O) groups excluding carboxylic acids is 2. The third-order valence-corrected chi connectivity index (χ3v) is 6.39. The van der Waals surface area contributed by atoms with E-state index in [4.69, 9.17) is 4.74 Å². The van der Waals surface area contributed by atoms with Gasteiger partial charge in [-0.1, -0.05) is 29.8 Å². The van der Waals surface area contributed by atoms with Crippen LogP contribution in [0.2, 0.25) is 0 Å². The zero-order valence-electron chi connectivity index (χ0n) is 17.3. The molecule has 0 spiro atoms. The summed E-state index contributed by atoms with van der Waals surface area (Å²) in [6.07, 6.45) is 3.01. The summed E-state index contributed by atoms with van der Waals surface area (Å²) >= 11 is 0. The summed E-state index contributed by atoms with van der Waals surface area (Å²) in [5, 5.41) is 7.09. The van der Waals surface area contributed by atoms with Gasteiger partial charge in [0.05, 0.1) is 28.9 Å². The Bertz CT molecular complexity index is 907. The van der Waals surface area contributed by atoms with Gasteiger partial charge in [-0.25, -0.2) is 0 Å². The second-order valence-electron chi connectivity index (χ2n) is 8.22. The van der Waals surface area contributed by atoms with Crippen molar-refractivity contribution in [3.05, 3.63) is 47.3 Å². The van der Waals surface area contributed by atoms with Crippen LogP contribution in [0.25, 0.3) is 0 Å². The molecule has 2 aromatic rings. The van der Waals surface area contributed by atoms with Gasteiger partial charge in [0.1, 0.15) is 0 Å². The predicted molar refractivity (Wildman–Crippen MR) is 110 cm³/mol. The summed E-state index contributed by atoms with van der Waals surface area (Å²) in [4.78, 5) is 27.9. The second kappa shape index (κ2) is 7.63. The van der Waals surface area contributed by atoms with Crippen LogP contribution >= 0.6 is 0 Å². The number of amides is 2. The SMILES string of the molecule is Cc1ccc(C2(C(=O)N3CC(C(=O)Nc4cnn(C)c4C)C3)CCOCC2)cc1. The smallest absolute Gasteiger partial charge is 0.233 e. The lowest BCUT2D eigenvalue weighted by molar-refractivity contribution is -0.150. The maximum Gasteiger partial charge on any atom is 0.233 e. The standard InChI is InChI=1S/C22H28N4O3/c1-15-4-6-18(7-5-15)22(8-10-29-11-9-22)21(28)26-13-17(14-26)20(27)24-19-12-23-25(3)16(19)2/h4-7,12,17H,8-11,13-14H2,1-3H3,(H,24,27). The number of carbonyl (C=O) groups is 2. The number of ether oxygens (including phenoxy) is 1. The average molecular weight is 396 g/mol. The Morgan fingerprint density at radius 3 is 2.38 bits per heavy atom. The molecule has 2 aliphatic rings. The van der Waals surface area contributed by atoms with Crippen LogP contribution in [0, 0.1) is 19.8 Å². The average Bonchev–Trinajstić information content (AvgIpc) is 3.00. The molecule has 2 amide bonds. The molecule has 0 bridgehead atoms. The lowest BCUT2D eigenvalue weighted by Gasteiger charge is -2.46. The summed E-state index contributed by atoms with van der Waals surface area (Å²) < 4.78 is 7.27. The van der Waals surface area contributed by atoms with E-state index < -0.39 is 5.41 Å². The van der Waals surface area contributed by atoms with E-state index in [2.05, 4.69) is 34.7 Å². The first-order chi connectivity index (χ1) is 13.9. The first kappa shape index (κ1) is 19.6. The molecule has 2 fully saturated rings. The first-order valence-corrected chi connectivity index (χ1v) is 10.1. The van der Waals surface area contributed by atoms with Crippen molar-refractivity contribution in [3.63, 3.8) is 0 Å². The first-order valence-electron chi connectivity index (χ1n) is 10.1. The zero-order chi connectivity index (χ0) is 20.6. The normalized spacial score (nSPS) is 18.9. The molecule has 4 rings (SSSR count). The third kappa shape index (κ3) is 3.55. The van der Waals surface area contributed by atoms with Crippen LogP contribution in [0.3, 0.4) is 0 Å². The van der Waals surface area contributed by atoms with Gasteiger partial charge in [0.15, 0.2) is 0 Å². The van der Waals surface area contributed by atoms with Crippen molar-refractivity contribution in [3.8, 4) is 0 Å². The van der Waals surface area contributed by atoms with Crippen LogP contribution in [0.15, 0.2) is 30.5 Å². The van der Waals surface area contributed by atoms with Crippen molar-refractivity contribution in [1.29, 1.82) is 0 Å². The molecule has 2 aliphatic heterocycles. The minimum atomic E-state index is -0.548. The van der Waals surface area contributed by atoms with Gasteiger partial charge in [0.2, 0.25) is 11.8 Å². The van der Waals surface area contributed by atoms with E-state index in [-0.39, 0.29) is 17.7 Å². The highest BCUT2D eigenvalue weighted by atomic mass is 16.5. The van der Waals surface area contributed by atoms with E-state index >= 15 is 0 Å². The Hall–Kier alpha value is -2.67. The van der Waals surface area contributed by atoms with Crippen LogP contribution in [0.1, 0.15) is 29.7 Å². The van der Waals surface area contributed by atoms with E-state index in [1.165, 1.54) is 5.56 Å². The summed E-state index contributed by atoms with van der Waals surface area (Å²) in [7, 11) is 1.84. The van der Waals surface area contributed by atoms with E-state index in [0.29, 0.717) is 39.1 Å². The van der Waals surface area contributed by atoms with Crippen LogP contribution < -0.4 is 5.32 Å². The minimum Gasteiger partial charge on any atom is -0.381 e. The van der Waals surface area contributed by atoms with Crippen molar-refractivity contribution in [2.45, 2.75) is 32.1 Å². The number of benzene rings is 1. The highest BCUT2D eigenvalue weighted by Gasteiger charge is 2.48. The van der Waals surface area contributed by atoms with Gasteiger partial charge >= 0.3 is 0 Å². The maximum absolute atomic E-state index is 13.5. The number of anilines is 1. The molecule has 0 atom stereocenters. The number of hydrogen-bond donors (Lipinski definition) is 1. The number of nitrogens with zero attached hydrogens (tertiary/aromatic N) is 3. The minimum absolute atomic E-state index is 0.0542. The third-order valence-electron chi connectivity index (χ3n) is 6.39. The molecular formula is C22H28N4O3. The molecule has 0 unspecified atom stereocenters. The fourth-order valence-electron chi connectivity index (χ4n) is 4.19. The summed E-state index contributed by atoms with van der Waals surface area (Å²) in [5.41, 5.74) is 3.31. The zero-order valence-corrected chi connectivity index (χ0v) is 17.3. The van der Waals surface area contributed by atoms with Crippen molar-refractivity contribution in [2.75, 3.05) is 31.6 Å². The Morgan fingerprint density at radius 2 is 1.79 bits per heavy atom. The lowest BCUT2D eigenvalue weighted by Crippen LogP contribution is -2.60. The monoisotopic (exact) mass is 396 g/mol. The highest BCUT2D eigenvalue weighted by Crippen LogP contribution is 2.38. The molecule has 7 nitrogen and oxygen atoms in total. The number of nitrogens with one attached hydrogen (secondary N) is 1. The quantitative estimate of drug-likeness (QED) is 0.860. The molecule has 1 N–H and O–H groups in total. The molecule has 1 aromatic carbocycles. The number of aromatic nitrogens is 2. The molecule has 2 saturated heterocycles. The van der Waals surface area contributed by atoms with E-state index in [0.717, 1.165) is 16.9 Å². The fourth-order valence-corrected chi connectivity index (χ4v) is 4.19. The molecule has 1 aromatic heterocycles. The van der Waals surface area contributed by atoms with E-state index in [1.807, 2.05) is 25.8 Å². The largest absolute Gasteiger partial charge is 0.381 e. The molecular weight excluding hydrogens is 368 g/mol. The van der Waals surface area contributed by atoms with Gasteiger partial charge in [-0.3, -0.25) is 14.3 Å². The summed E-state index contributed by atoms with van der Waals surface area (Å²) in [5.74, 6) is -0.124. The Kier molecular flexibility index (Phi) is 5.17. The van der Waals surface area contributed by atoms with Crippen LogP contribution in [0.5, 0.6) is 0 Å². The second-order valence-corrected chi connectivity index (χ2v) is 8.22. The molecule has 0 saturated carbocycles. The van der Waals surface area contributed by atoms with Crippen molar-refractivity contribution >= 4 is 17.5 Å². The number of aryl methyl sites for hydroxylation is 2. The Balaban J connectivity index is 1.44. The molecule has 3 heterocycles. The van der Waals surface area contributed by atoms with Gasteiger partial charge in [-0.15, -0.1) is 0 Å². The summed E-state index contributed by atoms with van der Waals surface area (Å²) in [6, 6.07) is 8.24. The topological polar surface area (TPSA) is 76.5 Å². The highest BCUT2D eigenvalue weighted by molar-refractivity contribution is 5.96. The van der Waals surface area contributed by atoms with Crippen molar-refractivity contribution in [2.24, 2.45) is 13.0 Å². The van der Waals surface area contributed by atoms with Crippen LogP contribution in [-0.4, -0.2) is 52.8 Å². The Morgan fingerprint density at radius 1 is 1.14 bits per heavy atom. The van der Waals surface area contributed by atoms with Gasteiger partial charge in [-0.2, -0.15) is 5.10 Å². The van der Waals surface area contributed by atoms with E-state index in [9.17, 15) is 9.59 Å². The lowest BCUT2D eigenvalue weighted by atomic mass is 9.72. The number of rotatable bonds is 4.